The topological polar surface area (TPSA) is 101 Å². The minimum absolute atomic E-state index is 0.132. The largest absolute Gasteiger partial charge is 0.507 e. The number of sulfonamides is 1. The van der Waals surface area contributed by atoms with E-state index in [1.54, 1.807) is 0 Å². The maximum Gasteiger partial charge on any atom is 0.261 e. The number of hydrogen-bond donors (Lipinski definition) is 2. The molecule has 0 radical (unpaired) electrons. The van der Waals surface area contributed by atoms with Crippen molar-refractivity contribution in [2.45, 2.75) is 11.8 Å². The molecular formula is C17H13Cl2NO5S. The lowest BCUT2D eigenvalue weighted by Crippen LogP contribution is -2.13. The average Bonchev–Trinajstić information content (AvgIpc) is 2.53. The van der Waals surface area contributed by atoms with Crippen LogP contribution in [0.5, 0.6) is 0 Å². The highest BCUT2D eigenvalue weighted by Gasteiger charge is 2.16. The van der Waals surface area contributed by atoms with E-state index < -0.39 is 27.3 Å². The molecule has 0 heterocycles. The van der Waals surface area contributed by atoms with Crippen molar-refractivity contribution in [2.75, 3.05) is 4.72 Å². The minimum Gasteiger partial charge on any atom is -0.507 e. The minimum atomic E-state index is -3.98. The summed E-state index contributed by atoms with van der Waals surface area (Å²) >= 11 is 11.6. The second-order valence-corrected chi connectivity index (χ2v) is 7.80. The van der Waals surface area contributed by atoms with E-state index in [0.717, 1.165) is 13.0 Å². The Hall–Kier alpha value is -2.35. The standard InChI is InChI=1S/C17H13Cl2NO5S/c1-10(21)16(22)9-17(23)11-3-2-4-14(5-11)20-26(24,25)15-7-12(18)6-13(19)8-15/h2-9,20,23H,1H3. The number of rotatable bonds is 6. The molecular weight excluding hydrogens is 401 g/mol. The Morgan fingerprint density at radius 1 is 1.08 bits per heavy atom. The molecule has 0 aliphatic rings. The first-order valence-electron chi connectivity index (χ1n) is 7.13. The maximum absolute atomic E-state index is 12.4. The first-order chi connectivity index (χ1) is 12.1. The van der Waals surface area contributed by atoms with E-state index in [1.807, 2.05) is 0 Å². The number of carbonyl (C=O) groups excluding carboxylic acids is 2. The van der Waals surface area contributed by atoms with Gasteiger partial charge in [0.25, 0.3) is 10.0 Å². The zero-order chi connectivity index (χ0) is 19.5. The highest BCUT2D eigenvalue weighted by Crippen LogP contribution is 2.25. The highest BCUT2D eigenvalue weighted by molar-refractivity contribution is 7.92. The third-order valence-electron chi connectivity index (χ3n) is 3.17. The third-order valence-corrected chi connectivity index (χ3v) is 4.97. The molecule has 0 spiro atoms. The van der Waals surface area contributed by atoms with E-state index in [-0.39, 0.29) is 26.2 Å². The van der Waals surface area contributed by atoms with Crippen molar-refractivity contribution in [2.24, 2.45) is 0 Å². The van der Waals surface area contributed by atoms with Gasteiger partial charge in [0, 0.05) is 34.3 Å². The summed E-state index contributed by atoms with van der Waals surface area (Å²) in [6.07, 6.45) is 0.771. The molecule has 0 saturated carbocycles. The average molecular weight is 414 g/mol. The van der Waals surface area contributed by atoms with Crippen molar-refractivity contribution in [1.82, 2.24) is 0 Å². The Morgan fingerprint density at radius 3 is 2.27 bits per heavy atom. The lowest BCUT2D eigenvalue weighted by atomic mass is 10.1. The van der Waals surface area contributed by atoms with Gasteiger partial charge in [0.15, 0.2) is 5.78 Å². The number of nitrogens with one attached hydrogen (secondary N) is 1. The summed E-state index contributed by atoms with van der Waals surface area (Å²) in [6, 6.07) is 9.56. The van der Waals surface area contributed by atoms with Crippen LogP contribution in [0.25, 0.3) is 5.76 Å². The fraction of sp³-hybridized carbons (Fsp3) is 0.0588. The van der Waals surface area contributed by atoms with Gasteiger partial charge in [0.2, 0.25) is 5.78 Å². The Balaban J connectivity index is 2.33. The number of halogens is 2. The van der Waals surface area contributed by atoms with E-state index >= 15 is 0 Å². The Morgan fingerprint density at radius 2 is 1.69 bits per heavy atom. The van der Waals surface area contributed by atoms with Crippen LogP contribution in [0.15, 0.2) is 53.4 Å². The first-order valence-corrected chi connectivity index (χ1v) is 9.37. The smallest absolute Gasteiger partial charge is 0.261 e. The zero-order valence-corrected chi connectivity index (χ0v) is 15.7. The number of aliphatic hydroxyl groups is 1. The van der Waals surface area contributed by atoms with Gasteiger partial charge in [-0.2, -0.15) is 0 Å². The molecule has 0 saturated heterocycles. The van der Waals surface area contributed by atoms with Gasteiger partial charge in [-0.15, -0.1) is 0 Å². The van der Waals surface area contributed by atoms with Gasteiger partial charge in [-0.1, -0.05) is 35.3 Å². The molecule has 2 aromatic rings. The zero-order valence-electron chi connectivity index (χ0n) is 13.4. The van der Waals surface area contributed by atoms with E-state index in [0.29, 0.717) is 0 Å². The van der Waals surface area contributed by atoms with E-state index in [4.69, 9.17) is 23.2 Å². The van der Waals surface area contributed by atoms with Crippen LogP contribution in [0.3, 0.4) is 0 Å². The quantitative estimate of drug-likeness (QED) is 0.425. The molecule has 0 aromatic heterocycles. The van der Waals surface area contributed by atoms with Gasteiger partial charge >= 0.3 is 0 Å². The predicted octanol–water partition coefficient (Wildman–Crippen LogP) is 3.85. The van der Waals surface area contributed by atoms with Crippen LogP contribution in [-0.2, 0) is 19.6 Å². The highest BCUT2D eigenvalue weighted by atomic mass is 35.5. The summed E-state index contributed by atoms with van der Waals surface area (Å²) in [6.45, 7) is 1.08. The van der Waals surface area contributed by atoms with Crippen LogP contribution < -0.4 is 4.72 Å². The maximum atomic E-state index is 12.4. The second kappa shape index (κ2) is 7.90. The Labute approximate surface area is 160 Å². The lowest BCUT2D eigenvalue weighted by molar-refractivity contribution is -0.132. The van der Waals surface area contributed by atoms with Gasteiger partial charge in [-0.25, -0.2) is 8.42 Å². The Bertz CT molecular complexity index is 995. The number of Topliss-reactive ketones (excluding diaryl/α,β-unsaturated/α-hetero) is 1. The Kier molecular flexibility index (Phi) is 6.07. The van der Waals surface area contributed by atoms with Crippen LogP contribution in [0.4, 0.5) is 5.69 Å². The van der Waals surface area contributed by atoms with Gasteiger partial charge in [-0.05, 0) is 30.3 Å². The van der Waals surface area contributed by atoms with Crippen LogP contribution in [0.2, 0.25) is 10.0 Å². The number of hydrogen-bond acceptors (Lipinski definition) is 5. The molecule has 6 nitrogen and oxygen atoms in total. The monoisotopic (exact) mass is 413 g/mol. The summed E-state index contributed by atoms with van der Waals surface area (Å²) in [5.41, 5.74) is 0.290. The third kappa shape index (κ3) is 5.08. The lowest BCUT2D eigenvalue weighted by Gasteiger charge is -2.10. The van der Waals surface area contributed by atoms with Crippen LogP contribution in [-0.4, -0.2) is 25.1 Å². The molecule has 0 aliphatic heterocycles. The van der Waals surface area contributed by atoms with E-state index in [1.165, 1.54) is 42.5 Å². The summed E-state index contributed by atoms with van der Waals surface area (Å²) in [5, 5.41) is 10.3. The van der Waals surface area contributed by atoms with Gasteiger partial charge in [0.05, 0.1) is 4.90 Å². The van der Waals surface area contributed by atoms with Crippen molar-refractivity contribution >= 4 is 56.2 Å². The second-order valence-electron chi connectivity index (χ2n) is 5.24. The van der Waals surface area contributed by atoms with Crippen molar-refractivity contribution in [3.05, 3.63) is 64.1 Å². The van der Waals surface area contributed by atoms with Crippen molar-refractivity contribution in [1.29, 1.82) is 0 Å². The summed E-state index contributed by atoms with van der Waals surface area (Å²) in [4.78, 5) is 22.2. The fourth-order valence-electron chi connectivity index (χ4n) is 1.95. The van der Waals surface area contributed by atoms with Crippen LogP contribution >= 0.6 is 23.2 Å². The van der Waals surface area contributed by atoms with Crippen molar-refractivity contribution < 1.29 is 23.1 Å². The number of aliphatic hydroxyl groups excluding tert-OH is 1. The van der Waals surface area contributed by atoms with E-state index in [2.05, 4.69) is 4.72 Å². The molecule has 2 rings (SSSR count). The van der Waals surface area contributed by atoms with Gasteiger partial charge in [-0.3, -0.25) is 14.3 Å². The molecule has 2 N–H and O–H groups in total. The summed E-state index contributed by atoms with van der Waals surface area (Å²) in [7, 11) is -3.98. The normalized spacial score (nSPS) is 11.9. The van der Waals surface area contributed by atoms with Gasteiger partial charge in [0.1, 0.15) is 5.76 Å². The molecule has 0 amide bonds. The molecule has 2 aromatic carbocycles. The summed E-state index contributed by atoms with van der Waals surface area (Å²) in [5.74, 6) is -2.06. The molecule has 0 unspecified atom stereocenters. The molecule has 26 heavy (non-hydrogen) atoms. The predicted molar refractivity (Wildman–Crippen MR) is 100 cm³/mol. The number of anilines is 1. The number of benzene rings is 2. The number of carbonyl (C=O) groups is 2. The SMILES string of the molecule is CC(=O)C(=O)C=C(O)c1cccc(NS(=O)(=O)c2cc(Cl)cc(Cl)c2)c1. The molecule has 136 valence electrons. The van der Waals surface area contributed by atoms with Crippen molar-refractivity contribution in [3.63, 3.8) is 0 Å². The van der Waals surface area contributed by atoms with Crippen molar-refractivity contribution in [3.8, 4) is 0 Å². The first kappa shape index (κ1) is 20.0. The van der Waals surface area contributed by atoms with Gasteiger partial charge < -0.3 is 5.11 Å². The molecule has 0 atom stereocenters. The van der Waals surface area contributed by atoms with Crippen LogP contribution in [0, 0.1) is 0 Å². The number of allylic oxidation sites excluding steroid dienone is 1. The molecule has 0 fully saturated rings. The fourth-order valence-corrected chi connectivity index (χ4v) is 3.72. The number of ketones is 2. The molecule has 0 aliphatic carbocycles. The van der Waals surface area contributed by atoms with E-state index in [9.17, 15) is 23.1 Å². The molecule has 9 heteroatoms. The molecule has 0 bridgehead atoms. The summed E-state index contributed by atoms with van der Waals surface area (Å²) < 4.78 is 27.2. The van der Waals surface area contributed by atoms with Crippen LogP contribution in [0.1, 0.15) is 12.5 Å².